The van der Waals surface area contributed by atoms with Crippen LogP contribution in [-0.4, -0.2) is 24.2 Å². The number of thiocarbonyl (C=S) groups is 1. The Hall–Kier alpha value is -2.24. The number of amides is 1. The molecule has 23 heavy (non-hydrogen) atoms. The maximum absolute atomic E-state index is 12.0. The lowest BCUT2D eigenvalue weighted by Gasteiger charge is -2.26. The summed E-state index contributed by atoms with van der Waals surface area (Å²) in [5, 5.41) is 6.06. The van der Waals surface area contributed by atoms with E-state index in [1.807, 2.05) is 30.3 Å². The van der Waals surface area contributed by atoms with Crippen molar-refractivity contribution in [2.75, 3.05) is 13.2 Å². The van der Waals surface area contributed by atoms with Gasteiger partial charge in [0.15, 0.2) is 5.11 Å². The van der Waals surface area contributed by atoms with Crippen molar-refractivity contribution < 1.29 is 9.53 Å². The maximum atomic E-state index is 12.0. The average Bonchev–Trinajstić information content (AvgIpc) is 2.60. The molecule has 0 radical (unpaired) electrons. The third kappa shape index (κ3) is 3.94. The lowest BCUT2D eigenvalue weighted by Crippen LogP contribution is -2.41. The summed E-state index contributed by atoms with van der Waals surface area (Å²) in [4.78, 5) is 12.0. The minimum atomic E-state index is -0.215. The van der Waals surface area contributed by atoms with Crippen molar-refractivity contribution in [1.29, 1.82) is 0 Å². The van der Waals surface area contributed by atoms with Crippen LogP contribution in [0.3, 0.4) is 0 Å². The Kier molecular flexibility index (Phi) is 5.00. The lowest BCUT2D eigenvalue weighted by atomic mass is 9.98. The van der Waals surface area contributed by atoms with E-state index in [9.17, 15) is 4.79 Å². The Balaban J connectivity index is 1.55. The fourth-order valence-electron chi connectivity index (χ4n) is 2.64. The van der Waals surface area contributed by atoms with Crippen LogP contribution in [0.15, 0.2) is 54.6 Å². The first-order chi connectivity index (χ1) is 11.2. The molecule has 0 saturated heterocycles. The Labute approximate surface area is 140 Å². The molecule has 2 aromatic rings. The van der Waals surface area contributed by atoms with Gasteiger partial charge in [0.1, 0.15) is 6.10 Å². The first-order valence-corrected chi connectivity index (χ1v) is 7.98. The van der Waals surface area contributed by atoms with E-state index in [0.29, 0.717) is 23.8 Å². The van der Waals surface area contributed by atoms with E-state index in [1.54, 1.807) is 12.1 Å². The number of carbonyl (C=O) groups excluding carboxylic acids is 1. The van der Waals surface area contributed by atoms with Crippen LogP contribution in [0.1, 0.15) is 27.6 Å². The fraction of sp³-hybridized carbons (Fsp3) is 0.222. The number of rotatable bonds is 3. The van der Waals surface area contributed by atoms with Gasteiger partial charge in [-0.2, -0.15) is 0 Å². The zero-order valence-corrected chi connectivity index (χ0v) is 13.4. The highest BCUT2D eigenvalue weighted by Gasteiger charge is 2.20. The van der Waals surface area contributed by atoms with Gasteiger partial charge in [0.2, 0.25) is 0 Å². The highest BCUT2D eigenvalue weighted by Crippen LogP contribution is 2.26. The second-order valence-corrected chi connectivity index (χ2v) is 5.75. The van der Waals surface area contributed by atoms with Crippen LogP contribution < -0.4 is 10.6 Å². The van der Waals surface area contributed by atoms with Gasteiger partial charge >= 0.3 is 0 Å². The predicted octanol–water partition coefficient (Wildman–Crippen LogP) is 2.60. The van der Waals surface area contributed by atoms with E-state index >= 15 is 0 Å². The summed E-state index contributed by atoms with van der Waals surface area (Å²) in [7, 11) is 0. The molecular formula is C18H18N2O2S. The maximum Gasteiger partial charge on any atom is 0.257 e. The van der Waals surface area contributed by atoms with Gasteiger partial charge in [0.05, 0.1) is 6.61 Å². The molecule has 0 unspecified atom stereocenters. The standard InChI is InChI=1S/C18H18N2O2S/c21-17(14-7-2-1-3-8-14)20-18(23)19-12-16-15-9-5-4-6-13(15)10-11-22-16/h1-9,16H,10-12H2,(H2,19,20,21,23)/t16-/m0/s1. The summed E-state index contributed by atoms with van der Waals surface area (Å²) < 4.78 is 5.81. The van der Waals surface area contributed by atoms with Crippen molar-refractivity contribution in [1.82, 2.24) is 10.6 Å². The van der Waals surface area contributed by atoms with Crippen molar-refractivity contribution in [2.24, 2.45) is 0 Å². The van der Waals surface area contributed by atoms with Crippen molar-refractivity contribution in [3.05, 3.63) is 71.3 Å². The SMILES string of the molecule is O=C(NC(=S)NC[C@@H]1OCCc2ccccc21)c1ccccc1. The first kappa shape index (κ1) is 15.6. The van der Waals surface area contributed by atoms with Crippen LogP contribution >= 0.6 is 12.2 Å². The lowest BCUT2D eigenvalue weighted by molar-refractivity contribution is 0.0455. The summed E-state index contributed by atoms with van der Waals surface area (Å²) in [6, 6.07) is 17.3. The van der Waals surface area contributed by atoms with Crippen LogP contribution in [0, 0.1) is 0 Å². The monoisotopic (exact) mass is 326 g/mol. The molecule has 4 nitrogen and oxygen atoms in total. The van der Waals surface area contributed by atoms with Gasteiger partial charge in [0, 0.05) is 12.1 Å². The van der Waals surface area contributed by atoms with Gasteiger partial charge in [0.25, 0.3) is 5.91 Å². The number of carbonyl (C=O) groups is 1. The highest BCUT2D eigenvalue weighted by molar-refractivity contribution is 7.80. The number of fused-ring (bicyclic) bond motifs is 1. The van der Waals surface area contributed by atoms with Crippen LogP contribution in [0.25, 0.3) is 0 Å². The molecule has 0 aliphatic carbocycles. The third-order valence-electron chi connectivity index (χ3n) is 3.80. The molecule has 1 atom stereocenters. The molecule has 3 rings (SSSR count). The van der Waals surface area contributed by atoms with Gasteiger partial charge in [-0.3, -0.25) is 10.1 Å². The van der Waals surface area contributed by atoms with Gasteiger partial charge in [-0.1, -0.05) is 42.5 Å². The van der Waals surface area contributed by atoms with Crippen molar-refractivity contribution in [3.8, 4) is 0 Å². The minimum Gasteiger partial charge on any atom is -0.371 e. The molecule has 0 fully saturated rings. The summed E-state index contributed by atoms with van der Waals surface area (Å²) in [5.41, 5.74) is 3.07. The molecule has 5 heteroatoms. The third-order valence-corrected chi connectivity index (χ3v) is 4.05. The molecule has 118 valence electrons. The molecule has 1 aliphatic rings. The zero-order valence-electron chi connectivity index (χ0n) is 12.6. The first-order valence-electron chi connectivity index (χ1n) is 7.57. The number of ether oxygens (including phenoxy) is 1. The summed E-state index contributed by atoms with van der Waals surface area (Å²) >= 11 is 5.20. The molecule has 0 aromatic heterocycles. The Bertz CT molecular complexity index is 703. The molecule has 1 aliphatic heterocycles. The van der Waals surface area contributed by atoms with Crippen LogP contribution in [0.4, 0.5) is 0 Å². The Morgan fingerprint density at radius 3 is 2.70 bits per heavy atom. The summed E-state index contributed by atoms with van der Waals surface area (Å²) in [6.07, 6.45) is 0.883. The van der Waals surface area contributed by atoms with Crippen LogP contribution in [0.2, 0.25) is 0 Å². The molecule has 2 aromatic carbocycles. The van der Waals surface area contributed by atoms with Gasteiger partial charge in [-0.15, -0.1) is 0 Å². The Morgan fingerprint density at radius 2 is 1.87 bits per heavy atom. The highest BCUT2D eigenvalue weighted by atomic mass is 32.1. The number of hydrogen-bond donors (Lipinski definition) is 2. The molecule has 0 spiro atoms. The van der Waals surface area contributed by atoms with E-state index < -0.39 is 0 Å². The fourth-order valence-corrected chi connectivity index (χ4v) is 2.82. The number of hydrogen-bond acceptors (Lipinski definition) is 3. The Morgan fingerprint density at radius 1 is 1.13 bits per heavy atom. The smallest absolute Gasteiger partial charge is 0.257 e. The normalized spacial score (nSPS) is 16.3. The second kappa shape index (κ2) is 7.35. The van der Waals surface area contributed by atoms with Crippen molar-refractivity contribution in [3.63, 3.8) is 0 Å². The molecule has 2 N–H and O–H groups in total. The molecule has 1 heterocycles. The minimum absolute atomic E-state index is 0.0495. The summed E-state index contributed by atoms with van der Waals surface area (Å²) in [5.74, 6) is -0.215. The van der Waals surface area contributed by atoms with Gasteiger partial charge in [-0.25, -0.2) is 0 Å². The number of nitrogens with one attached hydrogen (secondary N) is 2. The molecule has 1 amide bonds. The van der Waals surface area contributed by atoms with E-state index in [1.165, 1.54) is 11.1 Å². The van der Waals surface area contributed by atoms with Gasteiger partial charge < -0.3 is 10.1 Å². The van der Waals surface area contributed by atoms with Crippen molar-refractivity contribution in [2.45, 2.75) is 12.5 Å². The van der Waals surface area contributed by atoms with Crippen LogP contribution in [0.5, 0.6) is 0 Å². The topological polar surface area (TPSA) is 50.4 Å². The summed E-state index contributed by atoms with van der Waals surface area (Å²) in [6.45, 7) is 1.23. The zero-order chi connectivity index (χ0) is 16.1. The van der Waals surface area contributed by atoms with E-state index in [2.05, 4.69) is 22.8 Å². The van der Waals surface area contributed by atoms with E-state index in [-0.39, 0.29) is 12.0 Å². The second-order valence-electron chi connectivity index (χ2n) is 5.34. The van der Waals surface area contributed by atoms with Gasteiger partial charge in [-0.05, 0) is 41.9 Å². The van der Waals surface area contributed by atoms with E-state index in [4.69, 9.17) is 17.0 Å². The van der Waals surface area contributed by atoms with E-state index in [0.717, 1.165) is 6.42 Å². The largest absolute Gasteiger partial charge is 0.371 e. The quantitative estimate of drug-likeness (QED) is 0.851. The molecule has 0 saturated carbocycles. The van der Waals surface area contributed by atoms with Crippen molar-refractivity contribution >= 4 is 23.2 Å². The molecular weight excluding hydrogens is 308 g/mol. The predicted molar refractivity (Wildman–Crippen MR) is 93.3 cm³/mol. The van der Waals surface area contributed by atoms with Crippen LogP contribution in [-0.2, 0) is 11.2 Å². The number of benzene rings is 2. The molecule has 0 bridgehead atoms. The average molecular weight is 326 g/mol.